The maximum absolute atomic E-state index is 11.8. The minimum absolute atomic E-state index is 0.246. The number of sulfonamides is 1. The summed E-state index contributed by atoms with van der Waals surface area (Å²) in [6.07, 6.45) is 7.65. The fourth-order valence-corrected chi connectivity index (χ4v) is 3.49. The average Bonchev–Trinajstić information content (AvgIpc) is 3.13. The van der Waals surface area contributed by atoms with Crippen LogP contribution in [0.4, 0.5) is 0 Å². The van der Waals surface area contributed by atoms with Gasteiger partial charge in [0.1, 0.15) is 0 Å². The van der Waals surface area contributed by atoms with Gasteiger partial charge in [-0.05, 0) is 45.1 Å². The van der Waals surface area contributed by atoms with E-state index < -0.39 is 10.0 Å². The third-order valence-electron chi connectivity index (χ3n) is 3.47. The van der Waals surface area contributed by atoms with Crippen molar-refractivity contribution in [3.8, 4) is 0 Å². The highest BCUT2D eigenvalue weighted by Gasteiger charge is 2.20. The van der Waals surface area contributed by atoms with Gasteiger partial charge in [0.05, 0.1) is 5.75 Å². The van der Waals surface area contributed by atoms with Crippen LogP contribution < -0.4 is 10.1 Å². The molecule has 0 aromatic heterocycles. The van der Waals surface area contributed by atoms with Crippen LogP contribution in [0.3, 0.4) is 0 Å². The molecule has 1 heterocycles. The van der Waals surface area contributed by atoms with E-state index in [1.807, 2.05) is 5.01 Å². The van der Waals surface area contributed by atoms with Gasteiger partial charge in [-0.3, -0.25) is 0 Å². The second kappa shape index (κ2) is 6.84. The first kappa shape index (κ1) is 14.2. The Bertz CT molecular complexity index is 335. The summed E-state index contributed by atoms with van der Waals surface area (Å²) in [4.78, 5) is 2.69. The van der Waals surface area contributed by atoms with Gasteiger partial charge in [0, 0.05) is 19.1 Å². The lowest BCUT2D eigenvalue weighted by molar-refractivity contribution is 0.200. The first-order chi connectivity index (χ1) is 8.66. The van der Waals surface area contributed by atoms with Crippen LogP contribution in [0.5, 0.6) is 0 Å². The fraction of sp³-hybridized carbons (Fsp3) is 1.00. The van der Waals surface area contributed by atoms with Crippen molar-refractivity contribution in [1.29, 1.82) is 0 Å². The van der Waals surface area contributed by atoms with E-state index in [2.05, 4.69) is 10.1 Å². The molecule has 1 saturated carbocycles. The second-order valence-electron chi connectivity index (χ2n) is 5.39. The first-order valence-electron chi connectivity index (χ1n) is 7.14. The Morgan fingerprint density at radius 1 is 1.06 bits per heavy atom. The molecule has 2 aliphatic rings. The molecule has 1 aliphatic heterocycles. The molecule has 2 fully saturated rings. The van der Waals surface area contributed by atoms with Gasteiger partial charge < -0.3 is 5.32 Å². The molecule has 2 N–H and O–H groups in total. The predicted molar refractivity (Wildman–Crippen MR) is 72.6 cm³/mol. The Morgan fingerprint density at radius 3 is 2.44 bits per heavy atom. The highest BCUT2D eigenvalue weighted by atomic mass is 32.2. The lowest BCUT2D eigenvalue weighted by Crippen LogP contribution is -2.45. The number of nitrogens with one attached hydrogen (secondary N) is 2. The van der Waals surface area contributed by atoms with E-state index in [0.29, 0.717) is 6.04 Å². The number of unbranched alkanes of at least 4 members (excludes halogenated alkanes) is 1. The number of hydrazine groups is 1. The van der Waals surface area contributed by atoms with Gasteiger partial charge in [-0.25, -0.2) is 13.4 Å². The van der Waals surface area contributed by atoms with Gasteiger partial charge in [0.15, 0.2) is 0 Å². The van der Waals surface area contributed by atoms with Crippen molar-refractivity contribution in [2.24, 2.45) is 0 Å². The van der Waals surface area contributed by atoms with Crippen molar-refractivity contribution in [3.05, 3.63) is 0 Å². The van der Waals surface area contributed by atoms with Crippen molar-refractivity contribution >= 4 is 10.0 Å². The molecule has 5 nitrogen and oxygen atoms in total. The van der Waals surface area contributed by atoms with Gasteiger partial charge in [0.2, 0.25) is 10.0 Å². The molecular weight excluding hydrogens is 250 g/mol. The van der Waals surface area contributed by atoms with Crippen molar-refractivity contribution in [1.82, 2.24) is 15.2 Å². The van der Waals surface area contributed by atoms with Gasteiger partial charge in [-0.1, -0.05) is 6.42 Å². The molecule has 0 spiro atoms. The third-order valence-corrected chi connectivity index (χ3v) is 4.84. The topological polar surface area (TPSA) is 61.4 Å². The summed E-state index contributed by atoms with van der Waals surface area (Å²) >= 11 is 0. The summed E-state index contributed by atoms with van der Waals surface area (Å²) < 4.78 is 23.7. The minimum atomic E-state index is -3.12. The molecule has 6 heteroatoms. The standard InChI is InChI=1S/C12H25N3O2S/c16-18(17,14-15-9-3-1-4-10-15)11-5-2-8-13-12-6-7-12/h12-14H,1-11H2. The number of piperidine rings is 1. The molecule has 1 aliphatic carbocycles. The molecule has 0 bridgehead atoms. The zero-order chi connectivity index (χ0) is 12.8. The monoisotopic (exact) mass is 275 g/mol. The Kier molecular flexibility index (Phi) is 5.41. The van der Waals surface area contributed by atoms with Crippen molar-refractivity contribution in [2.75, 3.05) is 25.4 Å². The zero-order valence-corrected chi connectivity index (χ0v) is 11.8. The van der Waals surface area contributed by atoms with Crippen LogP contribution in [-0.2, 0) is 10.0 Å². The minimum Gasteiger partial charge on any atom is -0.314 e. The van der Waals surface area contributed by atoms with Gasteiger partial charge in [0.25, 0.3) is 0 Å². The molecule has 0 amide bonds. The van der Waals surface area contributed by atoms with Crippen LogP contribution in [0, 0.1) is 0 Å². The Morgan fingerprint density at radius 2 is 1.78 bits per heavy atom. The van der Waals surface area contributed by atoms with Crippen LogP contribution in [0.25, 0.3) is 0 Å². The number of hydrogen-bond donors (Lipinski definition) is 2. The second-order valence-corrected chi connectivity index (χ2v) is 7.21. The molecule has 18 heavy (non-hydrogen) atoms. The fourth-order valence-electron chi connectivity index (χ4n) is 2.24. The highest BCUT2D eigenvalue weighted by molar-refractivity contribution is 7.89. The molecule has 0 unspecified atom stereocenters. The van der Waals surface area contributed by atoms with Crippen LogP contribution in [0.1, 0.15) is 44.9 Å². The van der Waals surface area contributed by atoms with Crippen LogP contribution >= 0.6 is 0 Å². The largest absolute Gasteiger partial charge is 0.314 e. The lowest BCUT2D eigenvalue weighted by Gasteiger charge is -2.26. The Hall–Kier alpha value is -0.170. The van der Waals surface area contributed by atoms with Gasteiger partial charge in [-0.15, -0.1) is 4.83 Å². The van der Waals surface area contributed by atoms with E-state index in [0.717, 1.165) is 45.3 Å². The lowest BCUT2D eigenvalue weighted by atomic mass is 10.2. The number of hydrogen-bond acceptors (Lipinski definition) is 4. The molecule has 106 valence electrons. The summed E-state index contributed by atoms with van der Waals surface area (Å²) in [6.45, 7) is 2.65. The summed E-state index contributed by atoms with van der Waals surface area (Å²) in [5, 5.41) is 5.25. The van der Waals surface area contributed by atoms with E-state index in [9.17, 15) is 8.42 Å². The molecule has 0 aromatic rings. The molecule has 2 rings (SSSR count). The summed E-state index contributed by atoms with van der Waals surface area (Å²) in [6, 6.07) is 0.716. The summed E-state index contributed by atoms with van der Waals surface area (Å²) in [5.74, 6) is 0.246. The first-order valence-corrected chi connectivity index (χ1v) is 8.79. The number of rotatable bonds is 8. The van der Waals surface area contributed by atoms with Crippen LogP contribution in [0.15, 0.2) is 0 Å². The Labute approximate surface area is 110 Å². The third kappa shape index (κ3) is 5.65. The van der Waals surface area contributed by atoms with E-state index in [4.69, 9.17) is 0 Å². The normalized spacial score (nSPS) is 22.2. The average molecular weight is 275 g/mol. The quantitative estimate of drug-likeness (QED) is 0.644. The van der Waals surface area contributed by atoms with E-state index in [1.54, 1.807) is 0 Å². The van der Waals surface area contributed by atoms with Crippen molar-refractivity contribution in [2.45, 2.75) is 51.0 Å². The summed E-state index contributed by atoms with van der Waals surface area (Å²) in [5.41, 5.74) is 0. The Balaban J connectivity index is 1.56. The van der Waals surface area contributed by atoms with Crippen molar-refractivity contribution in [3.63, 3.8) is 0 Å². The van der Waals surface area contributed by atoms with E-state index >= 15 is 0 Å². The maximum atomic E-state index is 11.8. The SMILES string of the molecule is O=S(=O)(CCCCNC1CC1)NN1CCCCC1. The van der Waals surface area contributed by atoms with Crippen LogP contribution in [0.2, 0.25) is 0 Å². The molecule has 0 aromatic carbocycles. The zero-order valence-electron chi connectivity index (χ0n) is 11.0. The van der Waals surface area contributed by atoms with E-state index in [-0.39, 0.29) is 5.75 Å². The highest BCUT2D eigenvalue weighted by Crippen LogP contribution is 2.18. The molecule has 0 radical (unpaired) electrons. The maximum Gasteiger partial charge on any atom is 0.224 e. The van der Waals surface area contributed by atoms with Crippen LogP contribution in [-0.4, -0.2) is 44.9 Å². The smallest absolute Gasteiger partial charge is 0.224 e. The van der Waals surface area contributed by atoms with E-state index in [1.165, 1.54) is 19.3 Å². The van der Waals surface area contributed by atoms with Gasteiger partial charge >= 0.3 is 0 Å². The predicted octanol–water partition coefficient (Wildman–Crippen LogP) is 0.839. The molecular formula is C12H25N3O2S. The summed E-state index contributed by atoms with van der Waals surface area (Å²) in [7, 11) is -3.12. The van der Waals surface area contributed by atoms with Gasteiger partial charge in [-0.2, -0.15) is 0 Å². The molecule has 1 saturated heterocycles. The molecule has 0 atom stereocenters. The number of nitrogens with zero attached hydrogens (tertiary/aromatic N) is 1. The van der Waals surface area contributed by atoms with Crippen molar-refractivity contribution < 1.29 is 8.42 Å².